The number of furan rings is 1. The predicted molar refractivity (Wildman–Crippen MR) is 222 cm³/mol. The van der Waals surface area contributed by atoms with Gasteiger partial charge in [-0.05, 0) is 74.0 Å². The van der Waals surface area contributed by atoms with Crippen LogP contribution in [0.5, 0.6) is 5.75 Å². The Bertz CT molecular complexity index is 2870. The molecular weight excluding hydrogens is 864 g/mol. The van der Waals surface area contributed by atoms with Crippen molar-refractivity contribution in [2.45, 2.75) is 52.4 Å². The Labute approximate surface area is 333 Å². The van der Waals surface area contributed by atoms with Gasteiger partial charge in [0, 0.05) is 48.6 Å². The zero-order valence-electron chi connectivity index (χ0n) is 31.0. The number of phenolic OH excluding ortho intramolecular Hbond substituents is 1. The van der Waals surface area contributed by atoms with E-state index in [1.807, 2.05) is 18.3 Å². The van der Waals surface area contributed by atoms with E-state index in [2.05, 4.69) is 151 Å². The standard InChI is InChI=1S/C48H39N2O2S.Pt/c1-47(2,3)33-26-38(44(51)39(27-33)48(4,5)6)46-50-43-34(17-12-18-42(43)53-46)32-22-36-35-21-29-15-10-11-16-30(29)25-41(35)52-45(36)37(23-32)40-24-31(19-20-49-40)28-13-8-7-9-14-28;/h7-22,24-27,51H,1-6H3;/q-1;. The van der Waals surface area contributed by atoms with Gasteiger partial charge in [0.1, 0.15) is 16.3 Å². The SMILES string of the molecule is CC(C)(C)c1cc(-c2nc3c(-c4[c-]c(-c5cc(-c6ccccc6)ccn5)c5oc6cc7ccccc7cc6c5c4)cccc3s2)c(O)c(C(C)(C)C)c1.[Pt]. The average molecular weight is 903 g/mol. The smallest absolute Gasteiger partial charge is 0.129 e. The molecule has 0 aliphatic rings. The molecule has 9 rings (SSSR count). The maximum Gasteiger partial charge on any atom is 0.129 e. The molecule has 0 amide bonds. The minimum absolute atomic E-state index is 0. The van der Waals surface area contributed by atoms with E-state index >= 15 is 0 Å². The number of para-hydroxylation sites is 1. The normalized spacial score (nSPS) is 12.2. The zero-order chi connectivity index (χ0) is 36.6. The summed E-state index contributed by atoms with van der Waals surface area (Å²) in [6.45, 7) is 13.1. The molecule has 0 unspecified atom stereocenters. The van der Waals surface area contributed by atoms with Crippen molar-refractivity contribution >= 4 is 54.3 Å². The Morgan fingerprint density at radius 2 is 1.43 bits per heavy atom. The number of fused-ring (bicyclic) bond motifs is 5. The Balaban J connectivity index is 0.00000413. The molecule has 0 aliphatic carbocycles. The van der Waals surface area contributed by atoms with Crippen molar-refractivity contribution in [3.63, 3.8) is 0 Å². The quantitative estimate of drug-likeness (QED) is 0.179. The molecule has 0 radical (unpaired) electrons. The molecule has 3 aromatic heterocycles. The van der Waals surface area contributed by atoms with Crippen LogP contribution >= 0.6 is 11.3 Å². The van der Waals surface area contributed by atoms with Gasteiger partial charge in [0.05, 0.1) is 16.7 Å². The van der Waals surface area contributed by atoms with Gasteiger partial charge in [-0.3, -0.25) is 4.98 Å². The summed E-state index contributed by atoms with van der Waals surface area (Å²) in [4.78, 5) is 10.2. The van der Waals surface area contributed by atoms with Gasteiger partial charge in [-0.15, -0.1) is 29.0 Å². The summed E-state index contributed by atoms with van der Waals surface area (Å²) in [5.74, 6) is 0.294. The Kier molecular flexibility index (Phi) is 8.87. The molecule has 270 valence electrons. The topological polar surface area (TPSA) is 59.2 Å². The third-order valence-electron chi connectivity index (χ3n) is 10.2. The van der Waals surface area contributed by atoms with Gasteiger partial charge in [0.15, 0.2) is 0 Å². The first kappa shape index (κ1) is 35.9. The number of aromatic nitrogens is 2. The molecule has 0 bridgehead atoms. The fourth-order valence-electron chi connectivity index (χ4n) is 7.29. The molecule has 4 nitrogen and oxygen atoms in total. The van der Waals surface area contributed by atoms with E-state index in [0.29, 0.717) is 5.75 Å². The largest absolute Gasteiger partial charge is 0.507 e. The average Bonchev–Trinajstić information content (AvgIpc) is 3.74. The third-order valence-corrected chi connectivity index (χ3v) is 11.3. The molecule has 0 aliphatic heterocycles. The van der Waals surface area contributed by atoms with E-state index < -0.39 is 0 Å². The van der Waals surface area contributed by atoms with Gasteiger partial charge in [0.25, 0.3) is 0 Å². The van der Waals surface area contributed by atoms with Crippen LogP contribution in [0.25, 0.3) is 87.0 Å². The van der Waals surface area contributed by atoms with E-state index in [-0.39, 0.29) is 31.9 Å². The number of pyridine rings is 1. The van der Waals surface area contributed by atoms with Crippen LogP contribution in [-0.4, -0.2) is 15.1 Å². The summed E-state index contributed by atoms with van der Waals surface area (Å²) >= 11 is 1.61. The second kappa shape index (κ2) is 13.3. The number of thiazole rings is 1. The number of rotatable bonds is 4. The molecular formula is C48H39N2O2PtS-. The van der Waals surface area contributed by atoms with E-state index in [0.717, 1.165) is 92.6 Å². The Hall–Kier alpha value is -5.09. The monoisotopic (exact) mass is 902 g/mol. The third kappa shape index (κ3) is 6.24. The van der Waals surface area contributed by atoms with Crippen molar-refractivity contribution < 1.29 is 30.6 Å². The zero-order valence-corrected chi connectivity index (χ0v) is 34.1. The summed E-state index contributed by atoms with van der Waals surface area (Å²) < 4.78 is 7.75. The molecule has 9 aromatic rings. The molecule has 0 spiro atoms. The van der Waals surface area contributed by atoms with Crippen LogP contribution in [0.15, 0.2) is 126 Å². The van der Waals surface area contributed by atoms with Crippen molar-refractivity contribution in [1.29, 1.82) is 0 Å². The van der Waals surface area contributed by atoms with Gasteiger partial charge < -0.3 is 9.52 Å². The second-order valence-electron chi connectivity index (χ2n) is 16.0. The van der Waals surface area contributed by atoms with Crippen molar-refractivity contribution in [3.05, 3.63) is 139 Å². The summed E-state index contributed by atoms with van der Waals surface area (Å²) in [6.07, 6.45) is 1.86. The first-order valence-electron chi connectivity index (χ1n) is 18.0. The molecule has 0 saturated heterocycles. The first-order valence-corrected chi connectivity index (χ1v) is 18.9. The van der Waals surface area contributed by atoms with E-state index in [1.54, 1.807) is 11.3 Å². The molecule has 6 heteroatoms. The van der Waals surface area contributed by atoms with Crippen LogP contribution in [0.4, 0.5) is 0 Å². The number of hydrogen-bond acceptors (Lipinski definition) is 5. The molecule has 1 N–H and O–H groups in total. The van der Waals surface area contributed by atoms with Crippen LogP contribution in [-0.2, 0) is 31.9 Å². The van der Waals surface area contributed by atoms with Gasteiger partial charge in [-0.25, -0.2) is 4.98 Å². The number of aromatic hydroxyl groups is 1. The van der Waals surface area contributed by atoms with Crippen LogP contribution in [0.2, 0.25) is 0 Å². The summed E-state index contributed by atoms with van der Waals surface area (Å²) in [5.41, 5.74) is 10.6. The molecule has 6 aromatic carbocycles. The van der Waals surface area contributed by atoms with Gasteiger partial charge in [-0.2, -0.15) is 0 Å². The minimum atomic E-state index is -0.243. The van der Waals surface area contributed by atoms with Gasteiger partial charge >= 0.3 is 0 Å². The van der Waals surface area contributed by atoms with Crippen molar-refractivity contribution in [2.24, 2.45) is 0 Å². The van der Waals surface area contributed by atoms with E-state index in [9.17, 15) is 5.11 Å². The maximum atomic E-state index is 11.8. The number of phenols is 1. The maximum absolute atomic E-state index is 11.8. The van der Waals surface area contributed by atoms with Crippen LogP contribution in [0, 0.1) is 6.07 Å². The van der Waals surface area contributed by atoms with Crippen LogP contribution < -0.4 is 0 Å². The van der Waals surface area contributed by atoms with E-state index in [4.69, 9.17) is 14.4 Å². The summed E-state index contributed by atoms with van der Waals surface area (Å²) in [5, 5.41) is 16.9. The van der Waals surface area contributed by atoms with Crippen molar-refractivity contribution in [1.82, 2.24) is 9.97 Å². The minimum Gasteiger partial charge on any atom is -0.507 e. The Morgan fingerprint density at radius 1 is 0.685 bits per heavy atom. The van der Waals surface area contributed by atoms with Crippen LogP contribution in [0.3, 0.4) is 0 Å². The fraction of sp³-hybridized carbons (Fsp3) is 0.167. The number of hydrogen-bond donors (Lipinski definition) is 1. The summed E-state index contributed by atoms with van der Waals surface area (Å²) in [7, 11) is 0. The van der Waals surface area contributed by atoms with Crippen molar-refractivity contribution in [2.75, 3.05) is 0 Å². The molecule has 54 heavy (non-hydrogen) atoms. The first-order chi connectivity index (χ1) is 25.4. The number of nitrogens with zero attached hydrogens (tertiary/aromatic N) is 2. The number of benzene rings is 6. The summed E-state index contributed by atoms with van der Waals surface area (Å²) in [6, 6.07) is 43.8. The van der Waals surface area contributed by atoms with Gasteiger partial charge in [-0.1, -0.05) is 132 Å². The van der Waals surface area contributed by atoms with E-state index in [1.165, 1.54) is 5.56 Å². The fourth-order valence-corrected chi connectivity index (χ4v) is 8.30. The predicted octanol–water partition coefficient (Wildman–Crippen LogP) is 13.5. The van der Waals surface area contributed by atoms with Crippen LogP contribution in [0.1, 0.15) is 52.7 Å². The second-order valence-corrected chi connectivity index (χ2v) is 17.0. The van der Waals surface area contributed by atoms with Gasteiger partial charge in [0.2, 0.25) is 0 Å². The van der Waals surface area contributed by atoms with Crippen molar-refractivity contribution in [3.8, 4) is 49.8 Å². The molecule has 3 heterocycles. The Morgan fingerprint density at radius 3 is 2.17 bits per heavy atom. The molecule has 0 atom stereocenters. The molecule has 0 fully saturated rings. The molecule has 0 saturated carbocycles.